The van der Waals surface area contributed by atoms with Crippen molar-refractivity contribution in [2.45, 2.75) is 25.4 Å². The zero-order valence-corrected chi connectivity index (χ0v) is 19.1. The molecule has 182 valence electrons. The molecule has 0 aliphatic carbocycles. The van der Waals surface area contributed by atoms with E-state index in [1.54, 1.807) is 23.9 Å². The Morgan fingerprint density at radius 3 is 2.12 bits per heavy atom. The number of carbonyl (C=O) groups is 3. The Kier molecular flexibility index (Phi) is 7.99. The Morgan fingerprint density at radius 1 is 0.909 bits per heavy atom. The van der Waals surface area contributed by atoms with Gasteiger partial charge in [-0.05, 0) is 43.5 Å². The fraction of sp³-hybridized carbons (Fsp3) is 0.609. The largest absolute Gasteiger partial charge is 0.416 e. The summed E-state index contributed by atoms with van der Waals surface area (Å²) in [6.07, 6.45) is -2.57. The van der Waals surface area contributed by atoms with Crippen LogP contribution in [0.25, 0.3) is 0 Å². The van der Waals surface area contributed by atoms with Gasteiger partial charge in [-0.15, -0.1) is 0 Å². The molecule has 3 rings (SSSR count). The van der Waals surface area contributed by atoms with Gasteiger partial charge in [0.05, 0.1) is 12.1 Å². The van der Waals surface area contributed by atoms with Crippen molar-refractivity contribution in [2.75, 3.05) is 59.9 Å². The predicted octanol–water partition coefficient (Wildman–Crippen LogP) is 2.18. The smallest absolute Gasteiger partial charge is 0.348 e. The molecule has 1 aromatic rings. The van der Waals surface area contributed by atoms with Crippen LogP contribution in [0.5, 0.6) is 0 Å². The van der Waals surface area contributed by atoms with Gasteiger partial charge in [0.25, 0.3) is 5.91 Å². The molecule has 2 fully saturated rings. The number of likely N-dealkylation sites (tertiary alicyclic amines) is 1. The molecule has 0 atom stereocenters. The van der Waals surface area contributed by atoms with Crippen LogP contribution in [0.3, 0.4) is 0 Å². The average Bonchev–Trinajstić information content (AvgIpc) is 3.03. The van der Waals surface area contributed by atoms with Gasteiger partial charge in [0.15, 0.2) is 0 Å². The molecular formula is C23H31F3N4O3. The molecule has 1 aromatic carbocycles. The third kappa shape index (κ3) is 6.46. The number of hydrogen-bond donors (Lipinski definition) is 0. The number of amides is 3. The standard InChI is InChI=1S/C23H31F3N4O3/c1-27(2)20(31)16-28-10-3-11-29(15-14-28)22(33)18-8-12-30(13-9-18)21(32)17-4-6-19(7-5-17)23(24,25)26/h4-7,18H,3,8-16H2,1-2H3. The molecule has 0 bridgehead atoms. The van der Waals surface area contributed by atoms with E-state index >= 15 is 0 Å². The second-order valence-electron chi connectivity index (χ2n) is 8.88. The highest BCUT2D eigenvalue weighted by Gasteiger charge is 2.33. The molecular weight excluding hydrogens is 437 g/mol. The summed E-state index contributed by atoms with van der Waals surface area (Å²) >= 11 is 0. The van der Waals surface area contributed by atoms with E-state index in [1.807, 2.05) is 4.90 Å². The Balaban J connectivity index is 1.49. The normalized spacial score (nSPS) is 18.7. The molecule has 10 heteroatoms. The third-order valence-corrected chi connectivity index (χ3v) is 6.35. The lowest BCUT2D eigenvalue weighted by Gasteiger charge is -2.34. The maximum Gasteiger partial charge on any atom is 0.416 e. The Morgan fingerprint density at radius 2 is 1.55 bits per heavy atom. The molecule has 2 aliphatic heterocycles. The van der Waals surface area contributed by atoms with E-state index in [2.05, 4.69) is 4.90 Å². The highest BCUT2D eigenvalue weighted by Crippen LogP contribution is 2.29. The van der Waals surface area contributed by atoms with Crippen molar-refractivity contribution >= 4 is 17.7 Å². The molecule has 2 saturated heterocycles. The van der Waals surface area contributed by atoms with Gasteiger partial charge < -0.3 is 14.7 Å². The number of piperidine rings is 1. The summed E-state index contributed by atoms with van der Waals surface area (Å²) in [7, 11) is 3.45. The van der Waals surface area contributed by atoms with E-state index < -0.39 is 11.7 Å². The van der Waals surface area contributed by atoms with E-state index in [1.165, 1.54) is 12.1 Å². The molecule has 7 nitrogen and oxygen atoms in total. The van der Waals surface area contributed by atoms with Crippen LogP contribution in [0.15, 0.2) is 24.3 Å². The number of alkyl halides is 3. The molecule has 0 aromatic heterocycles. The van der Waals surface area contributed by atoms with Crippen LogP contribution in [0.2, 0.25) is 0 Å². The summed E-state index contributed by atoms with van der Waals surface area (Å²) in [5, 5.41) is 0. The second-order valence-corrected chi connectivity index (χ2v) is 8.88. The molecule has 0 spiro atoms. The van der Waals surface area contributed by atoms with Crippen LogP contribution in [-0.4, -0.2) is 97.2 Å². The Bertz CT molecular complexity index is 850. The fourth-order valence-electron chi connectivity index (χ4n) is 4.25. The molecule has 2 aliphatic rings. The zero-order valence-electron chi connectivity index (χ0n) is 19.1. The maximum atomic E-state index is 13.0. The summed E-state index contributed by atoms with van der Waals surface area (Å²) in [5.74, 6) is -0.362. The molecule has 0 radical (unpaired) electrons. The van der Waals surface area contributed by atoms with Gasteiger partial charge in [0, 0.05) is 64.8 Å². The lowest BCUT2D eigenvalue weighted by Crippen LogP contribution is -2.45. The third-order valence-electron chi connectivity index (χ3n) is 6.35. The van der Waals surface area contributed by atoms with E-state index in [4.69, 9.17) is 0 Å². The molecule has 3 amide bonds. The maximum absolute atomic E-state index is 13.0. The van der Waals surface area contributed by atoms with Crippen LogP contribution in [0.4, 0.5) is 13.2 Å². The van der Waals surface area contributed by atoms with Crippen LogP contribution in [-0.2, 0) is 15.8 Å². The fourth-order valence-corrected chi connectivity index (χ4v) is 4.25. The second kappa shape index (κ2) is 10.5. The minimum Gasteiger partial charge on any atom is -0.348 e. The molecule has 0 saturated carbocycles. The van der Waals surface area contributed by atoms with Crippen LogP contribution >= 0.6 is 0 Å². The van der Waals surface area contributed by atoms with Gasteiger partial charge in [-0.25, -0.2) is 0 Å². The zero-order chi connectivity index (χ0) is 24.2. The van der Waals surface area contributed by atoms with Crippen molar-refractivity contribution in [3.63, 3.8) is 0 Å². The summed E-state index contributed by atoms with van der Waals surface area (Å²) in [6.45, 7) is 3.78. The van der Waals surface area contributed by atoms with Gasteiger partial charge in [-0.3, -0.25) is 19.3 Å². The van der Waals surface area contributed by atoms with Crippen molar-refractivity contribution in [1.82, 2.24) is 19.6 Å². The number of nitrogens with zero attached hydrogens (tertiary/aromatic N) is 4. The number of halogens is 3. The van der Waals surface area contributed by atoms with Crippen LogP contribution in [0, 0.1) is 5.92 Å². The topological polar surface area (TPSA) is 64.2 Å². The highest BCUT2D eigenvalue weighted by atomic mass is 19.4. The minimum atomic E-state index is -4.44. The SMILES string of the molecule is CN(C)C(=O)CN1CCCN(C(=O)C2CCN(C(=O)c3ccc(C(F)(F)F)cc3)CC2)CC1. The molecule has 0 N–H and O–H groups in total. The van der Waals surface area contributed by atoms with Gasteiger partial charge in [0.2, 0.25) is 11.8 Å². The first-order chi connectivity index (χ1) is 15.6. The van der Waals surface area contributed by atoms with Crippen molar-refractivity contribution in [1.29, 1.82) is 0 Å². The summed E-state index contributed by atoms with van der Waals surface area (Å²) in [6, 6.07) is 4.23. The van der Waals surface area contributed by atoms with Gasteiger partial charge in [-0.1, -0.05) is 0 Å². The van der Waals surface area contributed by atoms with Crippen LogP contribution < -0.4 is 0 Å². The summed E-state index contributed by atoms with van der Waals surface area (Å²) < 4.78 is 38.2. The highest BCUT2D eigenvalue weighted by molar-refractivity contribution is 5.94. The van der Waals surface area contributed by atoms with Crippen molar-refractivity contribution in [3.05, 3.63) is 35.4 Å². The van der Waals surface area contributed by atoms with E-state index in [-0.39, 0.29) is 29.2 Å². The van der Waals surface area contributed by atoms with E-state index in [9.17, 15) is 27.6 Å². The Labute approximate surface area is 192 Å². The first-order valence-electron chi connectivity index (χ1n) is 11.2. The van der Waals surface area contributed by atoms with Crippen LogP contribution in [0.1, 0.15) is 35.2 Å². The van der Waals surface area contributed by atoms with E-state index in [0.717, 1.165) is 25.1 Å². The van der Waals surface area contributed by atoms with Gasteiger partial charge >= 0.3 is 6.18 Å². The molecule has 33 heavy (non-hydrogen) atoms. The van der Waals surface area contributed by atoms with Gasteiger partial charge in [-0.2, -0.15) is 13.2 Å². The number of benzene rings is 1. The number of likely N-dealkylation sites (N-methyl/N-ethyl adjacent to an activating group) is 1. The molecule has 0 unspecified atom stereocenters. The van der Waals surface area contributed by atoms with Crippen molar-refractivity contribution in [3.8, 4) is 0 Å². The number of hydrogen-bond acceptors (Lipinski definition) is 4. The lowest BCUT2D eigenvalue weighted by atomic mass is 9.94. The monoisotopic (exact) mass is 468 g/mol. The molecule has 2 heterocycles. The Hall–Kier alpha value is -2.62. The number of rotatable bonds is 4. The van der Waals surface area contributed by atoms with Crippen molar-refractivity contribution in [2.24, 2.45) is 5.92 Å². The first-order valence-corrected chi connectivity index (χ1v) is 11.2. The minimum absolute atomic E-state index is 0.0415. The lowest BCUT2D eigenvalue weighted by molar-refractivity contribution is -0.138. The van der Waals surface area contributed by atoms with Crippen molar-refractivity contribution < 1.29 is 27.6 Å². The first kappa shape index (κ1) is 25.0. The van der Waals surface area contributed by atoms with E-state index in [0.29, 0.717) is 52.1 Å². The summed E-state index contributed by atoms with van der Waals surface area (Å²) in [4.78, 5) is 44.8. The average molecular weight is 469 g/mol. The number of carbonyl (C=O) groups excluding carboxylic acids is 3. The summed E-state index contributed by atoms with van der Waals surface area (Å²) in [5.41, 5.74) is -0.571. The van der Waals surface area contributed by atoms with Gasteiger partial charge in [0.1, 0.15) is 0 Å². The predicted molar refractivity (Wildman–Crippen MR) is 116 cm³/mol. The quantitative estimate of drug-likeness (QED) is 0.680.